The van der Waals surface area contributed by atoms with E-state index >= 15 is 0 Å². The van der Waals surface area contributed by atoms with Gasteiger partial charge in [0.25, 0.3) is 0 Å². The summed E-state index contributed by atoms with van der Waals surface area (Å²) in [5, 5.41) is 10.1. The van der Waals surface area contributed by atoms with Crippen LogP contribution in [-0.2, 0) is 17.5 Å². The van der Waals surface area contributed by atoms with Gasteiger partial charge in [0, 0.05) is 12.7 Å². The van der Waals surface area contributed by atoms with Gasteiger partial charge in [-0.05, 0) is 23.8 Å². The predicted molar refractivity (Wildman–Crippen MR) is 89.8 cm³/mol. The van der Waals surface area contributed by atoms with Crippen LogP contribution in [0.25, 0.3) is 0 Å². The van der Waals surface area contributed by atoms with E-state index in [2.05, 4.69) is 20.1 Å². The number of rotatable bonds is 9. The van der Waals surface area contributed by atoms with E-state index in [0.717, 1.165) is 11.3 Å². The van der Waals surface area contributed by atoms with Gasteiger partial charge in [-0.1, -0.05) is 12.1 Å². The van der Waals surface area contributed by atoms with Crippen LogP contribution in [0.3, 0.4) is 0 Å². The fraction of sp³-hybridized carbons (Fsp3) is 0.286. The van der Waals surface area contributed by atoms with Gasteiger partial charge in [-0.3, -0.25) is 5.84 Å². The highest BCUT2D eigenvalue weighted by atomic mass is 32.2. The largest absolute Gasteiger partial charge is 0.395 e. The molecule has 2 atom stereocenters. The van der Waals surface area contributed by atoms with Crippen LogP contribution in [-0.4, -0.2) is 37.6 Å². The van der Waals surface area contributed by atoms with Crippen LogP contribution >= 0.6 is 0 Å². The lowest BCUT2D eigenvalue weighted by molar-refractivity contribution is 0.150. The molecule has 2 unspecified atom stereocenters. The minimum Gasteiger partial charge on any atom is -0.395 e. The summed E-state index contributed by atoms with van der Waals surface area (Å²) in [4.78, 5) is 8.53. The second kappa shape index (κ2) is 9.49. The van der Waals surface area contributed by atoms with Crippen LogP contribution in [0.1, 0.15) is 17.4 Å². The van der Waals surface area contributed by atoms with Gasteiger partial charge < -0.3 is 10.8 Å². The minimum absolute atomic E-state index is 0.0721. The van der Waals surface area contributed by atoms with E-state index in [1.165, 1.54) is 11.4 Å². The lowest BCUT2D eigenvalue weighted by Gasteiger charge is -2.22. The highest BCUT2D eigenvalue weighted by Gasteiger charge is 2.11. The molecule has 0 bridgehead atoms. The summed E-state index contributed by atoms with van der Waals surface area (Å²) >= 11 is 0. The molecule has 0 radical (unpaired) electrons. The zero-order valence-electron chi connectivity index (χ0n) is 13.0. The molecule has 2 rings (SSSR count). The van der Waals surface area contributed by atoms with Gasteiger partial charge in [-0.15, -0.1) is 0 Å². The van der Waals surface area contributed by atoms with Crippen LogP contribution < -0.4 is 21.7 Å². The molecule has 0 aliphatic carbocycles. The summed E-state index contributed by atoms with van der Waals surface area (Å²) in [6.07, 6.45) is 2.57. The zero-order chi connectivity index (χ0) is 17.4. The summed E-state index contributed by atoms with van der Waals surface area (Å²) < 4.78 is 14.6. The third-order valence-corrected chi connectivity index (χ3v) is 4.25. The molecular weight excluding hydrogens is 330 g/mol. The highest BCUT2D eigenvalue weighted by molar-refractivity contribution is 7.83. The van der Waals surface area contributed by atoms with Crippen molar-refractivity contribution in [2.45, 2.75) is 17.6 Å². The Bertz CT molecular complexity index is 641. The number of benzene rings is 1. The molecule has 130 valence electrons. The molecule has 0 aliphatic rings. The maximum Gasteiger partial charge on any atom is 0.124 e. The molecule has 0 fully saturated rings. The van der Waals surface area contributed by atoms with Crippen molar-refractivity contribution in [3.63, 3.8) is 0 Å². The maximum atomic E-state index is 11.9. The first-order chi connectivity index (χ1) is 11.6. The Morgan fingerprint density at radius 1 is 1.29 bits per heavy atom. The quantitative estimate of drug-likeness (QED) is 0.218. The standard InChI is InChI=1S/C14H21N7O2S/c15-14(20-21(16)9-12-5-6-17-10-18-12)11-1-3-13(4-2-11)24(23)19-7-8-22/h1-6,10,14,19-20,22H,7-9,15-16H2. The summed E-state index contributed by atoms with van der Waals surface area (Å²) in [5.41, 5.74) is 10.5. The van der Waals surface area contributed by atoms with E-state index in [1.807, 2.05) is 0 Å². The van der Waals surface area contributed by atoms with Gasteiger partial charge in [-0.2, -0.15) is 5.12 Å². The van der Waals surface area contributed by atoms with E-state index in [9.17, 15) is 4.21 Å². The number of aliphatic hydroxyl groups is 1. The van der Waals surface area contributed by atoms with Crippen molar-refractivity contribution in [3.8, 4) is 0 Å². The number of hydrogen-bond donors (Lipinski definition) is 5. The molecule has 0 saturated heterocycles. The fourth-order valence-corrected chi connectivity index (χ4v) is 2.73. The molecule has 9 nitrogen and oxygen atoms in total. The van der Waals surface area contributed by atoms with Crippen molar-refractivity contribution in [1.29, 1.82) is 0 Å². The van der Waals surface area contributed by atoms with E-state index in [-0.39, 0.29) is 13.2 Å². The molecule has 24 heavy (non-hydrogen) atoms. The van der Waals surface area contributed by atoms with Gasteiger partial charge in [0.15, 0.2) is 0 Å². The molecule has 2 aromatic rings. The van der Waals surface area contributed by atoms with Crippen molar-refractivity contribution < 1.29 is 9.32 Å². The molecule has 1 aromatic heterocycles. The number of nitrogens with one attached hydrogen (secondary N) is 2. The lowest BCUT2D eigenvalue weighted by Crippen LogP contribution is -2.47. The van der Waals surface area contributed by atoms with E-state index in [4.69, 9.17) is 16.7 Å². The van der Waals surface area contributed by atoms with Crippen molar-refractivity contribution in [3.05, 3.63) is 54.1 Å². The summed E-state index contributed by atoms with van der Waals surface area (Å²) in [6.45, 7) is 0.557. The number of nitrogens with zero attached hydrogens (tertiary/aromatic N) is 3. The summed E-state index contributed by atoms with van der Waals surface area (Å²) in [6, 6.07) is 8.72. The fourth-order valence-electron chi connectivity index (χ4n) is 1.91. The second-order valence-corrected chi connectivity index (χ2v) is 6.19. The monoisotopic (exact) mass is 351 g/mol. The van der Waals surface area contributed by atoms with Crippen molar-refractivity contribution in [2.24, 2.45) is 11.6 Å². The Morgan fingerprint density at radius 2 is 2.04 bits per heavy atom. The highest BCUT2D eigenvalue weighted by Crippen LogP contribution is 2.12. The molecule has 0 spiro atoms. The molecule has 1 heterocycles. The Hall–Kier alpha value is -1.79. The van der Waals surface area contributed by atoms with Crippen LogP contribution in [0.2, 0.25) is 0 Å². The first-order valence-electron chi connectivity index (χ1n) is 7.25. The van der Waals surface area contributed by atoms with Crippen molar-refractivity contribution in [2.75, 3.05) is 13.2 Å². The van der Waals surface area contributed by atoms with Gasteiger partial charge in [0.2, 0.25) is 0 Å². The first-order valence-corrected chi connectivity index (χ1v) is 8.40. The number of aromatic nitrogens is 2. The Balaban J connectivity index is 1.90. The van der Waals surface area contributed by atoms with Crippen molar-refractivity contribution in [1.82, 2.24) is 25.2 Å². The van der Waals surface area contributed by atoms with Crippen LogP contribution in [0, 0.1) is 0 Å². The average molecular weight is 351 g/mol. The van der Waals surface area contributed by atoms with Gasteiger partial charge in [0.1, 0.15) is 17.3 Å². The predicted octanol–water partition coefficient (Wildman–Crippen LogP) is -1.08. The molecule has 10 heteroatoms. The van der Waals surface area contributed by atoms with Gasteiger partial charge in [0.05, 0.1) is 29.9 Å². The Morgan fingerprint density at radius 3 is 2.67 bits per heavy atom. The molecule has 0 aliphatic heterocycles. The second-order valence-electron chi connectivity index (χ2n) is 4.89. The third-order valence-electron chi connectivity index (χ3n) is 3.08. The Kier molecular flexibility index (Phi) is 7.34. The Labute approximate surface area is 142 Å². The zero-order valence-corrected chi connectivity index (χ0v) is 13.8. The number of hydrogen-bond acceptors (Lipinski definition) is 8. The molecule has 1 aromatic carbocycles. The molecule has 0 amide bonds. The number of hydrazine groups is 2. The van der Waals surface area contributed by atoms with Crippen LogP contribution in [0.5, 0.6) is 0 Å². The number of aliphatic hydroxyl groups excluding tert-OH is 1. The first kappa shape index (κ1) is 18.5. The summed E-state index contributed by atoms with van der Waals surface area (Å²) in [7, 11) is -1.36. The van der Waals surface area contributed by atoms with Crippen LogP contribution in [0.15, 0.2) is 47.8 Å². The van der Waals surface area contributed by atoms with E-state index in [1.54, 1.807) is 36.5 Å². The smallest absolute Gasteiger partial charge is 0.124 e. The maximum absolute atomic E-state index is 11.9. The topological polar surface area (TPSA) is 142 Å². The summed E-state index contributed by atoms with van der Waals surface area (Å²) in [5.74, 6) is 5.88. The van der Waals surface area contributed by atoms with Gasteiger partial charge >= 0.3 is 0 Å². The molecular formula is C14H21N7O2S. The van der Waals surface area contributed by atoms with E-state index < -0.39 is 17.2 Å². The van der Waals surface area contributed by atoms with Crippen molar-refractivity contribution >= 4 is 11.0 Å². The van der Waals surface area contributed by atoms with Gasteiger partial charge in [-0.25, -0.2) is 24.3 Å². The SMILES string of the molecule is NC(NN(N)Cc1ccncn1)c1ccc(S(=O)NCCO)cc1. The molecule has 0 saturated carbocycles. The van der Waals surface area contributed by atoms with E-state index in [0.29, 0.717) is 11.4 Å². The number of nitrogens with two attached hydrogens (primary N) is 2. The molecule has 7 N–H and O–H groups in total. The third kappa shape index (κ3) is 5.69. The minimum atomic E-state index is -1.36. The van der Waals surface area contributed by atoms with Crippen LogP contribution in [0.4, 0.5) is 0 Å². The normalized spacial score (nSPS) is 13.8. The average Bonchev–Trinajstić information content (AvgIpc) is 2.60. The lowest BCUT2D eigenvalue weighted by atomic mass is 10.2.